The third-order valence-corrected chi connectivity index (χ3v) is 9.83. The molecule has 0 fully saturated rings. The number of aromatic nitrogens is 3. The lowest BCUT2D eigenvalue weighted by atomic mass is 9.79. The van der Waals surface area contributed by atoms with E-state index in [1.54, 1.807) is 0 Å². The molecule has 10 rings (SSSR count). The third kappa shape index (κ3) is 4.64. The molecule has 2 aliphatic carbocycles. The van der Waals surface area contributed by atoms with E-state index in [1.165, 1.54) is 27.5 Å². The molecule has 0 N–H and O–H groups in total. The monoisotopic (exact) mass is 627 g/mol. The Kier molecular flexibility index (Phi) is 6.28. The second-order valence-corrected chi connectivity index (χ2v) is 12.7. The van der Waals surface area contributed by atoms with Gasteiger partial charge in [-0.25, -0.2) is 15.0 Å². The van der Waals surface area contributed by atoms with Crippen LogP contribution in [0.3, 0.4) is 0 Å². The van der Waals surface area contributed by atoms with Gasteiger partial charge in [-0.05, 0) is 57.7 Å². The summed E-state index contributed by atoms with van der Waals surface area (Å²) in [5.74, 6) is 2.28. The summed E-state index contributed by atoms with van der Waals surface area (Å²) in [7, 11) is 0. The van der Waals surface area contributed by atoms with Crippen molar-refractivity contribution < 1.29 is 4.42 Å². The molecule has 0 amide bonds. The van der Waals surface area contributed by atoms with Crippen molar-refractivity contribution in [2.75, 3.05) is 0 Å². The number of hydrogen-bond acceptors (Lipinski definition) is 4. The van der Waals surface area contributed by atoms with E-state index < -0.39 is 0 Å². The number of benzene rings is 6. The molecule has 0 saturated carbocycles. The van der Waals surface area contributed by atoms with Crippen LogP contribution in [0, 0.1) is 5.92 Å². The van der Waals surface area contributed by atoms with Crippen LogP contribution in [0.25, 0.3) is 83.8 Å². The van der Waals surface area contributed by atoms with E-state index in [1.807, 2.05) is 30.3 Å². The molecule has 0 saturated heterocycles. The van der Waals surface area contributed by atoms with E-state index in [4.69, 9.17) is 19.4 Å². The summed E-state index contributed by atoms with van der Waals surface area (Å²) >= 11 is 0. The van der Waals surface area contributed by atoms with Crippen LogP contribution in [0.1, 0.15) is 23.4 Å². The number of fused-ring (bicyclic) bond motifs is 7. The second kappa shape index (κ2) is 11.1. The molecule has 1 atom stereocenters. The van der Waals surface area contributed by atoms with Crippen LogP contribution in [0.15, 0.2) is 156 Å². The summed E-state index contributed by atoms with van der Waals surface area (Å²) in [6.07, 6.45) is 9.99. The Bertz CT molecular complexity index is 2700. The molecule has 2 heterocycles. The lowest BCUT2D eigenvalue weighted by Gasteiger charge is -2.26. The van der Waals surface area contributed by atoms with Crippen LogP contribution < -0.4 is 0 Å². The first-order valence-electron chi connectivity index (χ1n) is 16.7. The number of nitrogens with zero attached hydrogens (tertiary/aromatic N) is 3. The highest BCUT2D eigenvalue weighted by atomic mass is 16.3. The zero-order chi connectivity index (χ0) is 32.3. The minimum Gasteiger partial charge on any atom is -0.455 e. The van der Waals surface area contributed by atoms with Crippen molar-refractivity contribution in [1.29, 1.82) is 0 Å². The minimum atomic E-state index is 0.344. The van der Waals surface area contributed by atoms with Crippen molar-refractivity contribution in [1.82, 2.24) is 15.0 Å². The van der Waals surface area contributed by atoms with Crippen molar-refractivity contribution in [3.05, 3.63) is 169 Å². The minimum absolute atomic E-state index is 0.344. The maximum atomic E-state index is 6.67. The topological polar surface area (TPSA) is 51.8 Å². The Labute approximate surface area is 283 Å². The predicted molar refractivity (Wildman–Crippen MR) is 200 cm³/mol. The Morgan fingerprint density at radius 3 is 2.27 bits per heavy atom. The van der Waals surface area contributed by atoms with Gasteiger partial charge in [0.15, 0.2) is 17.5 Å². The highest BCUT2D eigenvalue weighted by molar-refractivity contribution is 6.15. The summed E-state index contributed by atoms with van der Waals surface area (Å²) in [5, 5.41) is 4.45. The van der Waals surface area contributed by atoms with Gasteiger partial charge < -0.3 is 4.42 Å². The summed E-state index contributed by atoms with van der Waals surface area (Å²) in [6.45, 7) is 0. The van der Waals surface area contributed by atoms with Crippen molar-refractivity contribution in [3.63, 3.8) is 0 Å². The van der Waals surface area contributed by atoms with Crippen molar-refractivity contribution in [3.8, 4) is 33.9 Å². The number of allylic oxidation sites excluding steroid dienone is 5. The number of hydrogen-bond donors (Lipinski definition) is 0. The maximum Gasteiger partial charge on any atom is 0.164 e. The molecule has 4 nitrogen and oxygen atoms in total. The molecule has 230 valence electrons. The van der Waals surface area contributed by atoms with Gasteiger partial charge in [0.05, 0.1) is 0 Å². The van der Waals surface area contributed by atoms with E-state index in [0.717, 1.165) is 56.2 Å². The molecule has 4 heteroatoms. The Morgan fingerprint density at radius 1 is 0.571 bits per heavy atom. The van der Waals surface area contributed by atoms with E-state index >= 15 is 0 Å². The summed E-state index contributed by atoms with van der Waals surface area (Å²) in [6, 6.07) is 46.3. The van der Waals surface area contributed by atoms with Crippen molar-refractivity contribution >= 4 is 49.9 Å². The van der Waals surface area contributed by atoms with Gasteiger partial charge >= 0.3 is 0 Å². The molecule has 49 heavy (non-hydrogen) atoms. The normalized spacial score (nSPS) is 15.2. The Balaban J connectivity index is 1.16. The van der Waals surface area contributed by atoms with Gasteiger partial charge in [0, 0.05) is 39.0 Å². The van der Waals surface area contributed by atoms with Crippen molar-refractivity contribution in [2.24, 2.45) is 5.92 Å². The SMILES string of the molecule is C1=CC2CC=C(c3nc(-c4ccccc4)nc(-c4cccc5oc6c(-c7ccc8ccccc8c7)cccc6c45)n3)C=C2c2ccccc21. The summed E-state index contributed by atoms with van der Waals surface area (Å²) in [4.78, 5) is 15.4. The van der Waals surface area contributed by atoms with Gasteiger partial charge in [-0.2, -0.15) is 0 Å². The van der Waals surface area contributed by atoms with Crippen LogP contribution in [-0.2, 0) is 0 Å². The molecule has 0 spiro atoms. The molecular weight excluding hydrogens is 599 g/mol. The third-order valence-electron chi connectivity index (χ3n) is 9.83. The standard InChI is InChI=1S/C45H29N3O/c1-2-12-31(13-3-1)43-46-44(34-25-23-30-22-21-29-11-6-7-15-35(29)39(30)27-34)48-45(47-43)38-18-9-19-40-41(38)37-17-8-16-36(42(37)49-40)33-24-20-28-10-4-5-14-32(28)26-33/h1-22,24-27,30H,23H2. The molecule has 2 aliphatic rings. The number of rotatable bonds is 4. The lowest BCUT2D eigenvalue weighted by Crippen LogP contribution is -2.10. The van der Waals surface area contributed by atoms with Gasteiger partial charge in [0.2, 0.25) is 0 Å². The zero-order valence-electron chi connectivity index (χ0n) is 26.5. The van der Waals surface area contributed by atoms with Crippen LogP contribution in [0.5, 0.6) is 0 Å². The fourth-order valence-corrected chi connectivity index (χ4v) is 7.42. The molecule has 1 unspecified atom stereocenters. The Hall–Kier alpha value is -6.39. The fourth-order valence-electron chi connectivity index (χ4n) is 7.42. The molecule has 0 aliphatic heterocycles. The average molecular weight is 628 g/mol. The van der Waals surface area contributed by atoms with E-state index in [0.29, 0.717) is 23.4 Å². The summed E-state index contributed by atoms with van der Waals surface area (Å²) in [5.41, 5.74) is 10.5. The number of para-hydroxylation sites is 1. The van der Waals surface area contributed by atoms with Crippen LogP contribution in [0.2, 0.25) is 0 Å². The van der Waals surface area contributed by atoms with Gasteiger partial charge in [-0.1, -0.05) is 140 Å². The van der Waals surface area contributed by atoms with Crippen LogP contribution in [-0.4, -0.2) is 15.0 Å². The van der Waals surface area contributed by atoms with Crippen LogP contribution in [0.4, 0.5) is 0 Å². The van der Waals surface area contributed by atoms with Gasteiger partial charge in [-0.15, -0.1) is 0 Å². The molecule has 6 aromatic carbocycles. The summed E-state index contributed by atoms with van der Waals surface area (Å²) < 4.78 is 6.67. The van der Waals surface area contributed by atoms with Gasteiger partial charge in [0.1, 0.15) is 11.2 Å². The first-order valence-corrected chi connectivity index (χ1v) is 16.7. The fraction of sp³-hybridized carbons (Fsp3) is 0.0444. The molecule has 8 aromatic rings. The zero-order valence-corrected chi connectivity index (χ0v) is 26.5. The van der Waals surface area contributed by atoms with E-state index in [-0.39, 0.29) is 0 Å². The number of furan rings is 1. The quantitative estimate of drug-likeness (QED) is 0.195. The molecule has 0 bridgehead atoms. The van der Waals surface area contributed by atoms with Gasteiger partial charge in [-0.3, -0.25) is 0 Å². The first kappa shape index (κ1) is 27.7. The van der Waals surface area contributed by atoms with Gasteiger partial charge in [0.25, 0.3) is 0 Å². The molecular formula is C45H29N3O. The Morgan fingerprint density at radius 2 is 1.33 bits per heavy atom. The first-order chi connectivity index (χ1) is 24.3. The average Bonchev–Trinajstić information content (AvgIpc) is 3.57. The largest absolute Gasteiger partial charge is 0.455 e. The smallest absolute Gasteiger partial charge is 0.164 e. The highest BCUT2D eigenvalue weighted by Gasteiger charge is 2.25. The predicted octanol–water partition coefficient (Wildman–Crippen LogP) is 11.4. The maximum absolute atomic E-state index is 6.67. The van der Waals surface area contributed by atoms with Crippen LogP contribution >= 0.6 is 0 Å². The molecule has 0 radical (unpaired) electrons. The molecule has 2 aromatic heterocycles. The highest BCUT2D eigenvalue weighted by Crippen LogP contribution is 2.43. The van der Waals surface area contributed by atoms with E-state index in [9.17, 15) is 0 Å². The van der Waals surface area contributed by atoms with Crippen molar-refractivity contribution in [2.45, 2.75) is 6.42 Å². The van der Waals surface area contributed by atoms with E-state index in [2.05, 4.69) is 127 Å². The second-order valence-electron chi connectivity index (χ2n) is 12.7. The lowest BCUT2D eigenvalue weighted by molar-refractivity contribution is 0.670.